The number of benzene rings is 1. The van der Waals surface area contributed by atoms with Crippen LogP contribution in [-0.2, 0) is 0 Å². The van der Waals surface area contributed by atoms with Crippen molar-refractivity contribution in [1.82, 2.24) is 14.6 Å². The molecule has 1 aromatic carbocycles. The van der Waals surface area contributed by atoms with Crippen LogP contribution in [0.1, 0.15) is 18.5 Å². The monoisotopic (exact) mass is 394 g/mol. The number of halogens is 2. The van der Waals surface area contributed by atoms with Gasteiger partial charge < -0.3 is 5.32 Å². The van der Waals surface area contributed by atoms with Crippen LogP contribution in [-0.4, -0.2) is 14.6 Å². The highest BCUT2D eigenvalue weighted by molar-refractivity contribution is 9.11. The molecular formula is C14H12Br2N4. The highest BCUT2D eigenvalue weighted by Gasteiger charge is 2.13. The number of aromatic nitrogens is 3. The molecule has 0 fully saturated rings. The summed E-state index contributed by atoms with van der Waals surface area (Å²) in [6.07, 6.45) is 5.33. The van der Waals surface area contributed by atoms with Crippen molar-refractivity contribution in [2.45, 2.75) is 13.0 Å². The smallest absolute Gasteiger partial charge is 0.153 e. The molecule has 4 nitrogen and oxygen atoms in total. The third-order valence-corrected chi connectivity index (χ3v) is 4.41. The molecule has 2 aromatic heterocycles. The average Bonchev–Trinajstić information content (AvgIpc) is 2.82. The molecule has 0 bridgehead atoms. The lowest BCUT2D eigenvalue weighted by atomic mass is 10.1. The van der Waals surface area contributed by atoms with Gasteiger partial charge in [-0.3, -0.25) is 0 Å². The Balaban J connectivity index is 1.97. The molecule has 3 aromatic rings. The van der Waals surface area contributed by atoms with Crippen LogP contribution < -0.4 is 5.32 Å². The Bertz CT molecular complexity index is 754. The summed E-state index contributed by atoms with van der Waals surface area (Å²) < 4.78 is 3.80. The topological polar surface area (TPSA) is 42.2 Å². The van der Waals surface area contributed by atoms with E-state index >= 15 is 0 Å². The maximum absolute atomic E-state index is 4.42. The van der Waals surface area contributed by atoms with Gasteiger partial charge in [-0.25, -0.2) is 9.50 Å². The summed E-state index contributed by atoms with van der Waals surface area (Å²) in [7, 11) is 0. The average molecular weight is 396 g/mol. The van der Waals surface area contributed by atoms with Crippen molar-refractivity contribution >= 4 is 43.2 Å². The van der Waals surface area contributed by atoms with E-state index in [1.807, 2.05) is 24.4 Å². The van der Waals surface area contributed by atoms with Crippen molar-refractivity contribution < 1.29 is 0 Å². The lowest BCUT2D eigenvalue weighted by Gasteiger charge is -2.17. The zero-order chi connectivity index (χ0) is 14.1. The third-order valence-electron chi connectivity index (χ3n) is 3.11. The minimum atomic E-state index is 0.131. The molecule has 0 saturated carbocycles. The van der Waals surface area contributed by atoms with Crippen molar-refractivity contribution in [2.75, 3.05) is 5.32 Å². The van der Waals surface area contributed by atoms with Crippen LogP contribution in [0.2, 0.25) is 0 Å². The lowest BCUT2D eigenvalue weighted by molar-refractivity contribution is 0.862. The molecule has 0 amide bonds. The second-order valence-electron chi connectivity index (χ2n) is 4.45. The van der Waals surface area contributed by atoms with E-state index in [0.717, 1.165) is 20.3 Å². The quantitative estimate of drug-likeness (QED) is 0.713. The number of hydrogen-bond donors (Lipinski definition) is 1. The molecule has 20 heavy (non-hydrogen) atoms. The van der Waals surface area contributed by atoms with E-state index in [0.29, 0.717) is 0 Å². The van der Waals surface area contributed by atoms with E-state index in [1.165, 1.54) is 5.56 Å². The molecule has 1 unspecified atom stereocenters. The summed E-state index contributed by atoms with van der Waals surface area (Å²) in [5.74, 6) is 0.806. The molecule has 6 heteroatoms. The first-order valence-electron chi connectivity index (χ1n) is 6.15. The Morgan fingerprint density at radius 3 is 2.80 bits per heavy atom. The highest BCUT2D eigenvalue weighted by atomic mass is 79.9. The van der Waals surface area contributed by atoms with Crippen molar-refractivity contribution in [2.24, 2.45) is 0 Å². The molecule has 0 saturated heterocycles. The fraction of sp³-hybridized carbons (Fsp3) is 0.143. The van der Waals surface area contributed by atoms with Gasteiger partial charge in [0.2, 0.25) is 0 Å². The van der Waals surface area contributed by atoms with Gasteiger partial charge in [-0.1, -0.05) is 34.1 Å². The van der Waals surface area contributed by atoms with E-state index in [9.17, 15) is 0 Å². The molecule has 0 aliphatic heterocycles. The van der Waals surface area contributed by atoms with Crippen LogP contribution in [0.3, 0.4) is 0 Å². The van der Waals surface area contributed by atoms with E-state index < -0.39 is 0 Å². The SMILES string of the molecule is CC(Nc1nccn2ncc(Br)c12)c1ccccc1Br. The maximum Gasteiger partial charge on any atom is 0.153 e. The number of anilines is 1. The summed E-state index contributed by atoms with van der Waals surface area (Å²) in [4.78, 5) is 4.42. The molecule has 0 aliphatic rings. The van der Waals surface area contributed by atoms with E-state index in [4.69, 9.17) is 0 Å². The predicted molar refractivity (Wildman–Crippen MR) is 86.9 cm³/mol. The summed E-state index contributed by atoms with van der Waals surface area (Å²) in [6, 6.07) is 8.29. The van der Waals surface area contributed by atoms with Crippen molar-refractivity contribution in [1.29, 1.82) is 0 Å². The second-order valence-corrected chi connectivity index (χ2v) is 6.16. The summed E-state index contributed by atoms with van der Waals surface area (Å²) in [5, 5.41) is 7.69. The summed E-state index contributed by atoms with van der Waals surface area (Å²) >= 11 is 7.09. The molecule has 0 radical (unpaired) electrons. The first-order valence-corrected chi connectivity index (χ1v) is 7.74. The van der Waals surface area contributed by atoms with Gasteiger partial charge in [0.25, 0.3) is 0 Å². The van der Waals surface area contributed by atoms with Crippen LogP contribution >= 0.6 is 31.9 Å². The van der Waals surface area contributed by atoms with Gasteiger partial charge in [-0.05, 0) is 34.5 Å². The van der Waals surface area contributed by atoms with Crippen LogP contribution in [0.4, 0.5) is 5.82 Å². The van der Waals surface area contributed by atoms with Gasteiger partial charge in [0.1, 0.15) is 5.52 Å². The Hall–Kier alpha value is -1.40. The van der Waals surface area contributed by atoms with Crippen molar-refractivity contribution in [3.05, 3.63) is 57.4 Å². The van der Waals surface area contributed by atoms with Crippen LogP contribution in [0, 0.1) is 0 Å². The van der Waals surface area contributed by atoms with Crippen LogP contribution in [0.25, 0.3) is 5.52 Å². The molecule has 3 rings (SSSR count). The molecule has 1 N–H and O–H groups in total. The van der Waals surface area contributed by atoms with Crippen molar-refractivity contribution in [3.8, 4) is 0 Å². The largest absolute Gasteiger partial charge is 0.362 e. The van der Waals surface area contributed by atoms with Gasteiger partial charge in [0, 0.05) is 16.9 Å². The minimum absolute atomic E-state index is 0.131. The fourth-order valence-electron chi connectivity index (χ4n) is 2.12. The van der Waals surface area contributed by atoms with Crippen LogP contribution in [0.15, 0.2) is 51.8 Å². The second kappa shape index (κ2) is 5.54. The van der Waals surface area contributed by atoms with E-state index in [1.54, 1.807) is 16.9 Å². The standard InChI is InChI=1S/C14H12Br2N4/c1-9(10-4-2-3-5-11(10)15)19-14-13-12(16)8-18-20(13)7-6-17-14/h2-9H,1H3,(H,17,19). The predicted octanol–water partition coefficient (Wildman–Crippen LogP) is 4.43. The Kier molecular flexibility index (Phi) is 3.76. The van der Waals surface area contributed by atoms with Gasteiger partial charge in [0.15, 0.2) is 5.82 Å². The van der Waals surface area contributed by atoms with E-state index in [2.05, 4.69) is 60.2 Å². The number of nitrogens with zero attached hydrogens (tertiary/aromatic N) is 3. The first-order chi connectivity index (χ1) is 9.66. The Morgan fingerprint density at radius 1 is 1.20 bits per heavy atom. The summed E-state index contributed by atoms with van der Waals surface area (Å²) in [6.45, 7) is 2.11. The molecule has 1 atom stereocenters. The molecule has 102 valence electrons. The third kappa shape index (κ3) is 2.45. The normalized spacial score (nSPS) is 12.6. The number of hydrogen-bond acceptors (Lipinski definition) is 3. The number of nitrogens with one attached hydrogen (secondary N) is 1. The number of fused-ring (bicyclic) bond motifs is 1. The zero-order valence-corrected chi connectivity index (χ0v) is 13.9. The highest BCUT2D eigenvalue weighted by Crippen LogP contribution is 2.29. The molecule has 2 heterocycles. The van der Waals surface area contributed by atoms with Gasteiger partial charge in [-0.15, -0.1) is 0 Å². The van der Waals surface area contributed by atoms with Gasteiger partial charge in [0.05, 0.1) is 16.7 Å². The molecular weight excluding hydrogens is 384 g/mol. The molecule has 0 spiro atoms. The molecule has 0 aliphatic carbocycles. The van der Waals surface area contributed by atoms with Crippen LogP contribution in [0.5, 0.6) is 0 Å². The van der Waals surface area contributed by atoms with E-state index in [-0.39, 0.29) is 6.04 Å². The fourth-order valence-corrected chi connectivity index (χ4v) is 3.21. The number of rotatable bonds is 3. The van der Waals surface area contributed by atoms with Gasteiger partial charge >= 0.3 is 0 Å². The lowest BCUT2D eigenvalue weighted by Crippen LogP contribution is -2.09. The zero-order valence-electron chi connectivity index (χ0n) is 10.7. The maximum atomic E-state index is 4.42. The summed E-state index contributed by atoms with van der Waals surface area (Å²) in [5.41, 5.74) is 2.12. The first kappa shape index (κ1) is 13.6. The van der Waals surface area contributed by atoms with Gasteiger partial charge in [-0.2, -0.15) is 5.10 Å². The Morgan fingerprint density at radius 2 is 2.00 bits per heavy atom. The Labute approximate surface area is 133 Å². The minimum Gasteiger partial charge on any atom is -0.362 e. The van der Waals surface area contributed by atoms with Crippen molar-refractivity contribution in [3.63, 3.8) is 0 Å².